The number of hydrogen-bond acceptors (Lipinski definition) is 3. The number of methoxy groups -OCH3 is 1. The predicted molar refractivity (Wildman–Crippen MR) is 52.3 cm³/mol. The molecule has 76 valence electrons. The van der Waals surface area contributed by atoms with E-state index in [-0.39, 0.29) is 6.29 Å². The van der Waals surface area contributed by atoms with E-state index in [9.17, 15) is 0 Å². The first-order valence-corrected chi connectivity index (χ1v) is 4.77. The molecule has 1 fully saturated rings. The average Bonchev–Trinajstić information content (AvgIpc) is 2.30. The lowest BCUT2D eigenvalue weighted by molar-refractivity contribution is -0.183. The highest BCUT2D eigenvalue weighted by atomic mass is 16.7. The third-order valence-electron chi connectivity index (χ3n) is 2.22. The molecule has 0 unspecified atom stereocenters. The van der Waals surface area contributed by atoms with Crippen molar-refractivity contribution in [1.82, 2.24) is 0 Å². The first kappa shape index (κ1) is 9.49. The first-order valence-electron chi connectivity index (χ1n) is 4.77. The molecule has 0 aromatic heterocycles. The van der Waals surface area contributed by atoms with Crippen LogP contribution in [0.5, 0.6) is 5.75 Å². The van der Waals surface area contributed by atoms with E-state index in [0.29, 0.717) is 0 Å². The molecule has 0 amide bonds. The average molecular weight is 194 g/mol. The molecular formula is C11H14O3. The van der Waals surface area contributed by atoms with Gasteiger partial charge in [0.25, 0.3) is 0 Å². The summed E-state index contributed by atoms with van der Waals surface area (Å²) in [4.78, 5) is 0. The Hall–Kier alpha value is -1.06. The SMILES string of the molecule is COc1ccc(C2OCCCO2)cc1. The summed E-state index contributed by atoms with van der Waals surface area (Å²) in [5.74, 6) is 0.851. The molecule has 1 saturated heterocycles. The van der Waals surface area contributed by atoms with Gasteiger partial charge in [-0.1, -0.05) is 12.1 Å². The largest absolute Gasteiger partial charge is 0.497 e. The fraction of sp³-hybridized carbons (Fsp3) is 0.455. The van der Waals surface area contributed by atoms with Gasteiger partial charge >= 0.3 is 0 Å². The van der Waals surface area contributed by atoms with Crippen molar-refractivity contribution in [3.63, 3.8) is 0 Å². The van der Waals surface area contributed by atoms with Gasteiger partial charge in [-0.3, -0.25) is 0 Å². The van der Waals surface area contributed by atoms with Gasteiger partial charge in [-0.2, -0.15) is 0 Å². The number of ether oxygens (including phenoxy) is 3. The Morgan fingerprint density at radius 3 is 2.36 bits per heavy atom. The number of benzene rings is 1. The second-order valence-corrected chi connectivity index (χ2v) is 3.20. The van der Waals surface area contributed by atoms with Crippen molar-refractivity contribution in [3.8, 4) is 5.75 Å². The molecule has 0 saturated carbocycles. The van der Waals surface area contributed by atoms with Gasteiger partial charge in [0.1, 0.15) is 5.75 Å². The lowest BCUT2D eigenvalue weighted by atomic mass is 10.2. The Morgan fingerprint density at radius 1 is 1.14 bits per heavy atom. The minimum absolute atomic E-state index is 0.199. The predicted octanol–water partition coefficient (Wildman–Crippen LogP) is 2.13. The molecule has 0 aliphatic carbocycles. The minimum atomic E-state index is -0.199. The summed E-state index contributed by atoms with van der Waals surface area (Å²) in [6.45, 7) is 1.55. The molecule has 0 N–H and O–H groups in total. The van der Waals surface area contributed by atoms with Gasteiger partial charge in [-0.15, -0.1) is 0 Å². The van der Waals surface area contributed by atoms with Gasteiger partial charge in [0, 0.05) is 5.56 Å². The highest BCUT2D eigenvalue weighted by Crippen LogP contribution is 2.24. The zero-order valence-electron chi connectivity index (χ0n) is 8.23. The van der Waals surface area contributed by atoms with Crippen LogP contribution in [-0.2, 0) is 9.47 Å². The molecule has 1 aromatic carbocycles. The lowest BCUT2D eigenvalue weighted by Gasteiger charge is -2.23. The van der Waals surface area contributed by atoms with Crippen LogP contribution in [0.25, 0.3) is 0 Å². The van der Waals surface area contributed by atoms with Gasteiger partial charge in [-0.25, -0.2) is 0 Å². The summed E-state index contributed by atoms with van der Waals surface area (Å²) >= 11 is 0. The Labute approximate surface area is 83.6 Å². The van der Waals surface area contributed by atoms with Gasteiger partial charge in [0.05, 0.1) is 20.3 Å². The topological polar surface area (TPSA) is 27.7 Å². The van der Waals surface area contributed by atoms with Crippen molar-refractivity contribution in [1.29, 1.82) is 0 Å². The van der Waals surface area contributed by atoms with E-state index in [2.05, 4.69) is 0 Å². The van der Waals surface area contributed by atoms with Crippen molar-refractivity contribution < 1.29 is 14.2 Å². The molecule has 0 bridgehead atoms. The van der Waals surface area contributed by atoms with Gasteiger partial charge in [0.2, 0.25) is 0 Å². The second kappa shape index (κ2) is 4.44. The van der Waals surface area contributed by atoms with Crippen LogP contribution in [0.1, 0.15) is 18.3 Å². The van der Waals surface area contributed by atoms with E-state index in [4.69, 9.17) is 14.2 Å². The smallest absolute Gasteiger partial charge is 0.183 e. The van der Waals surface area contributed by atoms with E-state index in [1.165, 1.54) is 0 Å². The quantitative estimate of drug-likeness (QED) is 0.721. The monoisotopic (exact) mass is 194 g/mol. The molecule has 1 aromatic rings. The molecule has 0 atom stereocenters. The van der Waals surface area contributed by atoms with Crippen LogP contribution < -0.4 is 4.74 Å². The zero-order valence-corrected chi connectivity index (χ0v) is 8.23. The summed E-state index contributed by atoms with van der Waals surface area (Å²) in [5, 5.41) is 0. The van der Waals surface area contributed by atoms with Crippen molar-refractivity contribution in [2.24, 2.45) is 0 Å². The van der Waals surface area contributed by atoms with Crippen LogP contribution in [-0.4, -0.2) is 20.3 Å². The Kier molecular flexibility index (Phi) is 3.01. The van der Waals surface area contributed by atoms with Crippen LogP contribution in [0.4, 0.5) is 0 Å². The molecule has 2 rings (SSSR count). The Bertz CT molecular complexity index is 275. The second-order valence-electron chi connectivity index (χ2n) is 3.20. The molecule has 1 aliphatic rings. The van der Waals surface area contributed by atoms with Crippen LogP contribution in [0, 0.1) is 0 Å². The lowest BCUT2D eigenvalue weighted by Crippen LogP contribution is -2.17. The summed E-state index contributed by atoms with van der Waals surface area (Å²) in [6, 6.07) is 7.76. The standard InChI is InChI=1S/C11H14O3/c1-12-10-5-3-9(4-6-10)11-13-7-2-8-14-11/h3-6,11H,2,7-8H2,1H3. The van der Waals surface area contributed by atoms with Gasteiger partial charge in [0.15, 0.2) is 6.29 Å². The van der Waals surface area contributed by atoms with E-state index in [1.807, 2.05) is 24.3 Å². The molecule has 14 heavy (non-hydrogen) atoms. The van der Waals surface area contributed by atoms with E-state index < -0.39 is 0 Å². The fourth-order valence-electron chi connectivity index (χ4n) is 1.44. The van der Waals surface area contributed by atoms with E-state index >= 15 is 0 Å². The summed E-state index contributed by atoms with van der Waals surface area (Å²) < 4.78 is 16.0. The maximum Gasteiger partial charge on any atom is 0.183 e. The number of rotatable bonds is 2. The molecule has 0 radical (unpaired) electrons. The van der Waals surface area contributed by atoms with Crippen molar-refractivity contribution in [3.05, 3.63) is 29.8 Å². The first-order chi connectivity index (χ1) is 6.90. The summed E-state index contributed by atoms with van der Waals surface area (Å²) in [7, 11) is 1.66. The Morgan fingerprint density at radius 2 is 1.79 bits per heavy atom. The molecule has 3 nitrogen and oxygen atoms in total. The summed E-state index contributed by atoms with van der Waals surface area (Å²) in [6.07, 6.45) is 0.779. The van der Waals surface area contributed by atoms with Gasteiger partial charge in [-0.05, 0) is 18.6 Å². The van der Waals surface area contributed by atoms with E-state index in [0.717, 1.165) is 30.9 Å². The molecule has 0 spiro atoms. The van der Waals surface area contributed by atoms with Crippen LogP contribution in [0.15, 0.2) is 24.3 Å². The van der Waals surface area contributed by atoms with Crippen LogP contribution in [0.2, 0.25) is 0 Å². The molecule has 1 heterocycles. The molecule has 1 aliphatic heterocycles. The minimum Gasteiger partial charge on any atom is -0.497 e. The molecular weight excluding hydrogens is 180 g/mol. The maximum atomic E-state index is 5.47. The normalized spacial score (nSPS) is 18.1. The zero-order chi connectivity index (χ0) is 9.80. The number of hydrogen-bond donors (Lipinski definition) is 0. The summed E-state index contributed by atoms with van der Waals surface area (Å²) in [5.41, 5.74) is 1.05. The third-order valence-corrected chi connectivity index (χ3v) is 2.22. The fourth-order valence-corrected chi connectivity index (χ4v) is 1.44. The van der Waals surface area contributed by atoms with Crippen molar-refractivity contribution in [2.75, 3.05) is 20.3 Å². The maximum absolute atomic E-state index is 5.47. The van der Waals surface area contributed by atoms with Crippen molar-refractivity contribution >= 4 is 0 Å². The third kappa shape index (κ3) is 2.05. The highest BCUT2D eigenvalue weighted by Gasteiger charge is 2.15. The van der Waals surface area contributed by atoms with Crippen LogP contribution >= 0.6 is 0 Å². The van der Waals surface area contributed by atoms with Gasteiger partial charge < -0.3 is 14.2 Å². The molecule has 3 heteroatoms. The van der Waals surface area contributed by atoms with Crippen molar-refractivity contribution in [2.45, 2.75) is 12.7 Å². The van der Waals surface area contributed by atoms with Crippen LogP contribution in [0.3, 0.4) is 0 Å². The van der Waals surface area contributed by atoms with E-state index in [1.54, 1.807) is 7.11 Å². The highest BCUT2D eigenvalue weighted by molar-refractivity contribution is 5.27. The Balaban J connectivity index is 2.07.